The van der Waals surface area contributed by atoms with Crippen molar-refractivity contribution in [2.24, 2.45) is 23.5 Å². The average molecular weight is 648 g/mol. The second-order valence-electron chi connectivity index (χ2n) is 13.8. The zero-order chi connectivity index (χ0) is 30.8. The molecular formula is C33H42ClN9O3. The van der Waals surface area contributed by atoms with Crippen molar-refractivity contribution < 1.29 is 14.7 Å². The molecule has 10 heterocycles. The second kappa shape index (κ2) is 12.0. The summed E-state index contributed by atoms with van der Waals surface area (Å²) in [5, 5.41) is 24.6. The Kier molecular flexibility index (Phi) is 8.11. The number of carbonyl (C=O) groups excluding carboxylic acids is 1. The van der Waals surface area contributed by atoms with Crippen LogP contribution >= 0.6 is 12.4 Å². The predicted octanol–water partition coefficient (Wildman–Crippen LogP) is 3.60. The SMILES string of the molecule is Cl.N[C@H]1C2CCN(CC2)C12CC2.O=C(C[C@H]1C2CCN(CC2)C12CC2)c1cnn2ncccc12.O=C(O)c1cnn2ncccc12. The Hall–Kier alpha value is -3.45. The summed E-state index contributed by atoms with van der Waals surface area (Å²) in [4.78, 5) is 28.8. The molecule has 12 nitrogen and oxygen atoms in total. The normalized spacial score (nSPS) is 30.2. The van der Waals surface area contributed by atoms with Gasteiger partial charge in [0, 0.05) is 35.9 Å². The zero-order valence-electron chi connectivity index (χ0n) is 25.9. The van der Waals surface area contributed by atoms with Crippen LogP contribution in [-0.4, -0.2) is 99.6 Å². The molecule has 0 radical (unpaired) electrons. The first-order chi connectivity index (χ1) is 21.9. The molecule has 46 heavy (non-hydrogen) atoms. The maximum Gasteiger partial charge on any atom is 0.339 e. The fraction of sp³-hybridized carbons (Fsp3) is 0.576. The summed E-state index contributed by atoms with van der Waals surface area (Å²) in [6.45, 7) is 5.16. The van der Waals surface area contributed by atoms with E-state index in [4.69, 9.17) is 10.8 Å². The molecule has 0 unspecified atom stereocenters. The fourth-order valence-electron chi connectivity index (χ4n) is 9.08. The molecule has 2 spiro atoms. The molecular weight excluding hydrogens is 606 g/mol. The van der Waals surface area contributed by atoms with E-state index in [2.05, 4.69) is 30.2 Å². The van der Waals surface area contributed by atoms with E-state index in [9.17, 15) is 9.59 Å². The summed E-state index contributed by atoms with van der Waals surface area (Å²) >= 11 is 0. The molecule has 244 valence electrons. The van der Waals surface area contributed by atoms with Crippen LogP contribution in [0.3, 0.4) is 0 Å². The summed E-state index contributed by atoms with van der Waals surface area (Å²) in [5.74, 6) is 1.42. The predicted molar refractivity (Wildman–Crippen MR) is 173 cm³/mol. The number of aromatic nitrogens is 6. The third-order valence-electron chi connectivity index (χ3n) is 11.8. The third kappa shape index (κ3) is 5.19. The van der Waals surface area contributed by atoms with Crippen LogP contribution in [0.4, 0.5) is 0 Å². The highest BCUT2D eigenvalue weighted by Gasteiger charge is 2.60. The summed E-state index contributed by atoms with van der Waals surface area (Å²) in [5.41, 5.74) is 9.35. The molecule has 0 aromatic carbocycles. The van der Waals surface area contributed by atoms with Crippen molar-refractivity contribution in [3.8, 4) is 0 Å². The lowest BCUT2D eigenvalue weighted by molar-refractivity contribution is -0.0273. The number of Topliss-reactive ketones (excluding diaryl/α,β-unsaturated/α-hetero) is 1. The van der Waals surface area contributed by atoms with Gasteiger partial charge in [-0.25, -0.2) is 4.79 Å². The maximum absolute atomic E-state index is 12.9. The average Bonchev–Trinajstić information content (AvgIpc) is 3.95. The summed E-state index contributed by atoms with van der Waals surface area (Å²) in [6.07, 6.45) is 17.5. The van der Waals surface area contributed by atoms with Crippen molar-refractivity contribution in [1.82, 2.24) is 39.5 Å². The van der Waals surface area contributed by atoms with Crippen molar-refractivity contribution >= 4 is 35.2 Å². The largest absolute Gasteiger partial charge is 0.478 e. The van der Waals surface area contributed by atoms with Crippen molar-refractivity contribution in [2.45, 2.75) is 74.9 Å². The lowest BCUT2D eigenvalue weighted by atomic mass is 9.69. The number of hydrogen-bond acceptors (Lipinski definition) is 9. The number of carboxylic acids is 1. The number of ketones is 1. The fourth-order valence-corrected chi connectivity index (χ4v) is 9.08. The molecule has 13 heteroatoms. The smallest absolute Gasteiger partial charge is 0.339 e. The Morgan fingerprint density at radius 2 is 1.26 bits per heavy atom. The number of piperidine rings is 6. The Balaban J connectivity index is 0.000000119. The lowest BCUT2D eigenvalue weighted by Crippen LogP contribution is -2.63. The van der Waals surface area contributed by atoms with Crippen molar-refractivity contribution in [2.75, 3.05) is 26.2 Å². The summed E-state index contributed by atoms with van der Waals surface area (Å²) in [6, 6.07) is 7.64. The van der Waals surface area contributed by atoms with Gasteiger partial charge >= 0.3 is 5.97 Å². The van der Waals surface area contributed by atoms with Gasteiger partial charge in [-0.05, 0) is 120 Å². The molecule has 4 aromatic heterocycles. The van der Waals surface area contributed by atoms with Crippen LogP contribution in [0.1, 0.15) is 78.5 Å². The molecule has 8 aliphatic rings. The van der Waals surface area contributed by atoms with Crippen LogP contribution in [0.5, 0.6) is 0 Å². The number of carbonyl (C=O) groups is 2. The van der Waals surface area contributed by atoms with Crippen LogP contribution < -0.4 is 5.73 Å². The van der Waals surface area contributed by atoms with Crippen molar-refractivity contribution in [1.29, 1.82) is 0 Å². The van der Waals surface area contributed by atoms with E-state index in [1.54, 1.807) is 35.4 Å². The highest BCUT2D eigenvalue weighted by atomic mass is 35.5. The maximum atomic E-state index is 12.9. The van der Waals surface area contributed by atoms with Gasteiger partial charge in [0.2, 0.25) is 0 Å². The first-order valence-electron chi connectivity index (χ1n) is 16.5. The topological polar surface area (TPSA) is 147 Å². The van der Waals surface area contributed by atoms with E-state index in [-0.39, 0.29) is 23.8 Å². The number of nitrogens with zero attached hydrogens (tertiary/aromatic N) is 8. The monoisotopic (exact) mass is 647 g/mol. The molecule has 4 aromatic rings. The molecule has 12 rings (SSSR count). The Morgan fingerprint density at radius 3 is 1.76 bits per heavy atom. The molecule has 2 atom stereocenters. The van der Waals surface area contributed by atoms with Gasteiger partial charge in [-0.3, -0.25) is 14.6 Å². The molecule has 3 N–H and O–H groups in total. The zero-order valence-corrected chi connectivity index (χ0v) is 26.8. The molecule has 2 saturated carbocycles. The van der Waals surface area contributed by atoms with Gasteiger partial charge < -0.3 is 10.8 Å². The summed E-state index contributed by atoms with van der Waals surface area (Å²) in [7, 11) is 0. The highest BCUT2D eigenvalue weighted by molar-refractivity contribution is 6.02. The number of fused-ring (bicyclic) bond motifs is 6. The lowest BCUT2D eigenvalue weighted by Gasteiger charge is -2.52. The molecule has 6 saturated heterocycles. The van der Waals surface area contributed by atoms with Gasteiger partial charge in [0.15, 0.2) is 5.78 Å². The molecule has 0 amide bonds. The second-order valence-corrected chi connectivity index (χ2v) is 13.8. The van der Waals surface area contributed by atoms with Crippen LogP contribution in [0, 0.1) is 17.8 Å². The van der Waals surface area contributed by atoms with Crippen LogP contribution in [0.2, 0.25) is 0 Å². The molecule has 4 bridgehead atoms. The number of aromatic carboxylic acids is 1. The number of hydrogen-bond donors (Lipinski definition) is 2. The number of halogens is 1. The van der Waals surface area contributed by atoms with E-state index >= 15 is 0 Å². The van der Waals surface area contributed by atoms with Crippen molar-refractivity contribution in [3.05, 3.63) is 60.2 Å². The highest BCUT2D eigenvalue weighted by Crippen LogP contribution is 2.58. The molecule has 8 fully saturated rings. The first-order valence-corrected chi connectivity index (χ1v) is 16.5. The van der Waals surface area contributed by atoms with E-state index < -0.39 is 5.97 Å². The van der Waals surface area contributed by atoms with E-state index in [1.807, 2.05) is 12.1 Å². The minimum atomic E-state index is -0.988. The Bertz CT molecular complexity index is 1730. The Labute approximate surface area is 273 Å². The van der Waals surface area contributed by atoms with Gasteiger partial charge in [0.05, 0.1) is 23.5 Å². The van der Waals surface area contributed by atoms with Crippen LogP contribution in [0.25, 0.3) is 11.0 Å². The van der Waals surface area contributed by atoms with Gasteiger partial charge in [0.25, 0.3) is 0 Å². The minimum absolute atomic E-state index is 0. The number of nitrogens with two attached hydrogens (primary N) is 1. The van der Waals surface area contributed by atoms with Crippen molar-refractivity contribution in [3.63, 3.8) is 0 Å². The molecule has 6 aliphatic heterocycles. The third-order valence-corrected chi connectivity index (χ3v) is 11.8. The van der Waals surface area contributed by atoms with E-state index in [0.717, 1.165) is 22.9 Å². The van der Waals surface area contributed by atoms with Gasteiger partial charge in [-0.1, -0.05) is 0 Å². The molecule has 2 aliphatic carbocycles. The van der Waals surface area contributed by atoms with Gasteiger partial charge in [0.1, 0.15) is 11.1 Å². The van der Waals surface area contributed by atoms with Crippen LogP contribution in [-0.2, 0) is 0 Å². The number of rotatable bonds is 4. The van der Waals surface area contributed by atoms with E-state index in [1.165, 1.54) is 88.4 Å². The number of carboxylic acid groups (broad SMARTS) is 1. The standard InChI is InChI=1S/C17H20N4O.C9H16N2.C7H5N3O2.ClH/c22-16(13-11-19-21-15(13)2-1-7-18-21)10-14-12-3-8-20(9-4-12)17(14)5-6-17;10-8-7-1-5-11(6-2-7)9(8)3-4-9;11-7(12)5-4-9-10-6(5)2-1-3-8-10;/h1-2,7,11-12,14H,3-6,8-10H2;7-8H,1-6,10H2;1-4H,(H,11,12);1H/t14-;8-;;/m00../s1. The first kappa shape index (κ1) is 31.2. The minimum Gasteiger partial charge on any atom is -0.478 e. The quantitative estimate of drug-likeness (QED) is 0.315. The van der Waals surface area contributed by atoms with Gasteiger partial charge in [-0.2, -0.15) is 29.7 Å². The van der Waals surface area contributed by atoms with Crippen LogP contribution in [0.15, 0.2) is 49.1 Å². The summed E-state index contributed by atoms with van der Waals surface area (Å²) < 4.78 is 2.83. The van der Waals surface area contributed by atoms with E-state index in [0.29, 0.717) is 35.0 Å². The van der Waals surface area contributed by atoms with Gasteiger partial charge in [-0.15, -0.1) is 12.4 Å². The Morgan fingerprint density at radius 1 is 0.761 bits per heavy atom.